The molecule has 1 rings (SSSR count). The molecule has 0 radical (unpaired) electrons. The summed E-state index contributed by atoms with van der Waals surface area (Å²) in [6.45, 7) is 2.27. The van der Waals surface area contributed by atoms with Gasteiger partial charge in [-0.1, -0.05) is 24.3 Å². The molecule has 0 aromatic heterocycles. The first-order valence-corrected chi connectivity index (χ1v) is 5.98. The topological polar surface area (TPSA) is 38.3 Å². The van der Waals surface area contributed by atoms with E-state index in [9.17, 15) is 22.4 Å². The van der Waals surface area contributed by atoms with Crippen LogP contribution in [-0.4, -0.2) is 24.9 Å². The minimum Gasteiger partial charge on any atom is -0.377 e. The zero-order chi connectivity index (χ0) is 15.2. The molecule has 1 aromatic rings. The first-order valence-electron chi connectivity index (χ1n) is 5.98. The lowest BCUT2D eigenvalue weighted by Crippen LogP contribution is -2.44. The normalized spacial score (nSPS) is 11.7. The Morgan fingerprint density at radius 2 is 1.90 bits per heavy atom. The average molecular weight is 293 g/mol. The van der Waals surface area contributed by atoms with Gasteiger partial charge in [0.2, 0.25) is 0 Å². The summed E-state index contributed by atoms with van der Waals surface area (Å²) >= 11 is 0. The van der Waals surface area contributed by atoms with E-state index in [0.29, 0.717) is 17.7 Å². The van der Waals surface area contributed by atoms with Gasteiger partial charge in [0.15, 0.2) is 0 Å². The molecule has 1 aromatic carbocycles. The molecule has 3 nitrogen and oxygen atoms in total. The number of rotatable bonds is 7. The fraction of sp³-hybridized carbons (Fsp3) is 0.462. The molecule has 0 aliphatic carbocycles. The highest BCUT2D eigenvalue weighted by atomic mass is 19.3. The van der Waals surface area contributed by atoms with E-state index in [2.05, 4.69) is 0 Å². The second-order valence-corrected chi connectivity index (χ2v) is 4.01. The lowest BCUT2D eigenvalue weighted by molar-refractivity contribution is -0.169. The van der Waals surface area contributed by atoms with Gasteiger partial charge in [0.25, 0.3) is 5.91 Å². The van der Waals surface area contributed by atoms with Gasteiger partial charge in [0, 0.05) is 13.2 Å². The van der Waals surface area contributed by atoms with E-state index in [0.717, 1.165) is 0 Å². The number of ether oxygens (including phenoxy) is 1. The molecule has 0 saturated carbocycles. The van der Waals surface area contributed by atoms with Crippen LogP contribution in [0.25, 0.3) is 0 Å². The van der Waals surface area contributed by atoms with Crippen molar-refractivity contribution in [3.8, 4) is 0 Å². The highest BCUT2D eigenvalue weighted by molar-refractivity contribution is 5.83. The van der Waals surface area contributed by atoms with Gasteiger partial charge >= 0.3 is 12.3 Å². The van der Waals surface area contributed by atoms with Crippen LogP contribution in [0, 0.1) is 0 Å². The zero-order valence-corrected chi connectivity index (χ0v) is 10.8. The van der Waals surface area contributed by atoms with E-state index in [1.165, 1.54) is 0 Å². The van der Waals surface area contributed by atoms with Crippen LogP contribution in [-0.2, 0) is 22.7 Å². The summed E-state index contributed by atoms with van der Waals surface area (Å²) in [5, 5.41) is 1.81. The fourth-order valence-electron chi connectivity index (χ4n) is 1.48. The second kappa shape index (κ2) is 7.23. The van der Waals surface area contributed by atoms with Gasteiger partial charge in [-0.05, 0) is 18.1 Å². The minimum atomic E-state index is -4.69. The molecule has 112 valence electrons. The Kier molecular flexibility index (Phi) is 5.94. The van der Waals surface area contributed by atoms with Crippen LogP contribution in [0.3, 0.4) is 0 Å². The lowest BCUT2D eigenvalue weighted by Gasteiger charge is -2.16. The molecule has 0 fully saturated rings. The summed E-state index contributed by atoms with van der Waals surface area (Å²) in [6, 6.07) is 6.70. The summed E-state index contributed by atoms with van der Waals surface area (Å²) < 4.78 is 54.7. The summed E-state index contributed by atoms with van der Waals surface area (Å²) in [6.07, 6.45) is -4.03. The maximum atomic E-state index is 12.8. The molecule has 1 amide bonds. The molecular formula is C13H15F4NO2. The third-order valence-electron chi connectivity index (χ3n) is 2.60. The minimum absolute atomic E-state index is 0.258. The Balaban J connectivity index is 2.68. The van der Waals surface area contributed by atoms with Crippen molar-refractivity contribution in [3.63, 3.8) is 0 Å². The van der Waals surface area contributed by atoms with Crippen LogP contribution in [0.5, 0.6) is 0 Å². The van der Waals surface area contributed by atoms with Crippen molar-refractivity contribution in [1.29, 1.82) is 0 Å². The van der Waals surface area contributed by atoms with Crippen LogP contribution in [0.2, 0.25) is 0 Å². The number of hydrogen-bond acceptors (Lipinski definition) is 2. The van der Waals surface area contributed by atoms with Crippen molar-refractivity contribution in [1.82, 2.24) is 5.32 Å². The lowest BCUT2D eigenvalue weighted by atomic mass is 10.1. The monoisotopic (exact) mass is 293 g/mol. The molecule has 0 aliphatic rings. The summed E-state index contributed by atoms with van der Waals surface area (Å²) in [5.74, 6) is -6.67. The Morgan fingerprint density at radius 3 is 2.45 bits per heavy atom. The maximum absolute atomic E-state index is 12.8. The molecule has 1 N–H and O–H groups in total. The molecule has 0 unspecified atom stereocenters. The number of nitrogens with one attached hydrogen (secondary N) is 1. The number of hydrogen-bond donors (Lipinski definition) is 1. The van der Waals surface area contributed by atoms with Gasteiger partial charge in [-0.15, -0.1) is 0 Å². The van der Waals surface area contributed by atoms with Crippen molar-refractivity contribution in [3.05, 3.63) is 35.4 Å². The highest BCUT2D eigenvalue weighted by Crippen LogP contribution is 2.23. The maximum Gasteiger partial charge on any atom is 0.383 e. The Morgan fingerprint density at radius 1 is 1.30 bits per heavy atom. The SMILES string of the molecule is CCOCc1ccccc1CNC(=O)C(F)(F)C(F)F. The number of carbonyl (C=O) groups is 1. The Labute approximate surface area is 113 Å². The van der Waals surface area contributed by atoms with Gasteiger partial charge in [0.05, 0.1) is 6.61 Å². The first-order chi connectivity index (χ1) is 9.39. The molecule has 0 spiro atoms. The number of amides is 1. The van der Waals surface area contributed by atoms with Crippen LogP contribution in [0.4, 0.5) is 17.6 Å². The quantitative estimate of drug-likeness (QED) is 0.785. The largest absolute Gasteiger partial charge is 0.383 e. The van der Waals surface area contributed by atoms with E-state index in [-0.39, 0.29) is 13.2 Å². The molecular weight excluding hydrogens is 278 g/mol. The molecule has 0 saturated heterocycles. The highest BCUT2D eigenvalue weighted by Gasteiger charge is 2.48. The predicted octanol–water partition coefficient (Wildman–Crippen LogP) is 2.74. The summed E-state index contributed by atoms with van der Waals surface area (Å²) in [4.78, 5) is 11.0. The Hall–Kier alpha value is -1.63. The second-order valence-electron chi connectivity index (χ2n) is 4.01. The summed E-state index contributed by atoms with van der Waals surface area (Å²) in [7, 11) is 0. The van der Waals surface area contributed by atoms with Crippen molar-refractivity contribution in [2.24, 2.45) is 0 Å². The van der Waals surface area contributed by atoms with Gasteiger partial charge in [-0.3, -0.25) is 4.79 Å². The van der Waals surface area contributed by atoms with Crippen molar-refractivity contribution < 1.29 is 27.1 Å². The van der Waals surface area contributed by atoms with E-state index >= 15 is 0 Å². The molecule has 0 bridgehead atoms. The van der Waals surface area contributed by atoms with Crippen LogP contribution >= 0.6 is 0 Å². The van der Waals surface area contributed by atoms with E-state index in [1.54, 1.807) is 31.2 Å². The van der Waals surface area contributed by atoms with Gasteiger partial charge < -0.3 is 10.1 Å². The van der Waals surface area contributed by atoms with Crippen molar-refractivity contribution in [2.45, 2.75) is 32.4 Å². The number of halogens is 4. The third-order valence-corrected chi connectivity index (χ3v) is 2.60. The van der Waals surface area contributed by atoms with Crippen LogP contribution < -0.4 is 5.32 Å². The third kappa shape index (κ3) is 4.19. The van der Waals surface area contributed by atoms with Crippen molar-refractivity contribution in [2.75, 3.05) is 6.61 Å². The van der Waals surface area contributed by atoms with Crippen LogP contribution in [0.1, 0.15) is 18.1 Å². The standard InChI is InChI=1S/C13H15F4NO2/c1-2-20-8-10-6-4-3-5-9(10)7-18-12(19)13(16,17)11(14)15/h3-6,11H,2,7-8H2,1H3,(H,18,19). The molecule has 20 heavy (non-hydrogen) atoms. The van der Waals surface area contributed by atoms with Gasteiger partial charge in [-0.25, -0.2) is 8.78 Å². The fourth-order valence-corrected chi connectivity index (χ4v) is 1.48. The average Bonchev–Trinajstić information content (AvgIpc) is 2.43. The zero-order valence-electron chi connectivity index (χ0n) is 10.8. The first kappa shape index (κ1) is 16.4. The van der Waals surface area contributed by atoms with E-state index in [1.807, 2.05) is 5.32 Å². The van der Waals surface area contributed by atoms with Gasteiger partial charge in [0.1, 0.15) is 0 Å². The number of benzene rings is 1. The van der Waals surface area contributed by atoms with E-state index in [4.69, 9.17) is 4.74 Å². The van der Waals surface area contributed by atoms with E-state index < -0.39 is 18.3 Å². The molecule has 7 heteroatoms. The molecule has 0 atom stereocenters. The van der Waals surface area contributed by atoms with Gasteiger partial charge in [-0.2, -0.15) is 8.78 Å². The van der Waals surface area contributed by atoms with Crippen molar-refractivity contribution >= 4 is 5.91 Å². The van der Waals surface area contributed by atoms with Crippen LogP contribution in [0.15, 0.2) is 24.3 Å². The number of carbonyl (C=O) groups excluding carboxylic acids is 1. The number of alkyl halides is 4. The Bertz CT molecular complexity index is 452. The molecule has 0 aliphatic heterocycles. The predicted molar refractivity (Wildman–Crippen MR) is 64.6 cm³/mol. The summed E-state index contributed by atoms with van der Waals surface area (Å²) in [5.41, 5.74) is 1.24. The molecule has 0 heterocycles. The smallest absolute Gasteiger partial charge is 0.377 e.